The Kier molecular flexibility index (Phi) is 3.73. The van der Waals surface area contributed by atoms with Gasteiger partial charge in [0.2, 0.25) is 0 Å². The second-order valence-electron chi connectivity index (χ2n) is 4.32. The summed E-state index contributed by atoms with van der Waals surface area (Å²) in [4.78, 5) is 35.9. The van der Waals surface area contributed by atoms with Crippen LogP contribution in [-0.4, -0.2) is 45.0 Å². The standard InChI is InChI=1S/C12H9Cl2NO5/c1-4(16)9(12(19)20)15-10(17)5-2-7(13)8(14)3-6(5)11(15)18/h2-4,9,16H,1H3,(H,19,20)/t4-,9+/m1/s1. The van der Waals surface area contributed by atoms with Crippen LogP contribution in [-0.2, 0) is 4.79 Å². The van der Waals surface area contributed by atoms with Crippen LogP contribution in [0.15, 0.2) is 12.1 Å². The highest BCUT2D eigenvalue weighted by atomic mass is 35.5. The zero-order valence-electron chi connectivity index (χ0n) is 10.1. The maximum absolute atomic E-state index is 12.1. The molecule has 0 bridgehead atoms. The van der Waals surface area contributed by atoms with E-state index in [-0.39, 0.29) is 21.2 Å². The first-order valence-electron chi connectivity index (χ1n) is 5.53. The molecule has 0 aliphatic carbocycles. The number of nitrogens with zero attached hydrogens (tertiary/aromatic N) is 1. The number of hydrogen-bond acceptors (Lipinski definition) is 4. The average molecular weight is 318 g/mol. The number of aliphatic carboxylic acids is 1. The summed E-state index contributed by atoms with van der Waals surface area (Å²) in [5.41, 5.74) is -0.0624. The number of imide groups is 1. The normalized spacial score (nSPS) is 17.1. The van der Waals surface area contributed by atoms with E-state index < -0.39 is 29.9 Å². The predicted molar refractivity (Wildman–Crippen MR) is 70.1 cm³/mol. The van der Waals surface area contributed by atoms with Crippen molar-refractivity contribution in [1.82, 2.24) is 4.90 Å². The largest absolute Gasteiger partial charge is 0.480 e. The summed E-state index contributed by atoms with van der Waals surface area (Å²) < 4.78 is 0. The molecule has 0 fully saturated rings. The Balaban J connectivity index is 2.54. The van der Waals surface area contributed by atoms with Crippen LogP contribution in [0.5, 0.6) is 0 Å². The molecule has 106 valence electrons. The molecule has 1 aromatic carbocycles. The van der Waals surface area contributed by atoms with Crippen molar-refractivity contribution in [2.24, 2.45) is 0 Å². The van der Waals surface area contributed by atoms with Crippen LogP contribution in [0.3, 0.4) is 0 Å². The fraction of sp³-hybridized carbons (Fsp3) is 0.250. The molecular formula is C12H9Cl2NO5. The highest BCUT2D eigenvalue weighted by Gasteiger charge is 2.45. The Morgan fingerprint density at radius 2 is 1.55 bits per heavy atom. The number of hydrogen-bond donors (Lipinski definition) is 2. The first-order valence-corrected chi connectivity index (χ1v) is 6.29. The van der Waals surface area contributed by atoms with Crippen molar-refractivity contribution in [3.63, 3.8) is 0 Å². The summed E-state index contributed by atoms with van der Waals surface area (Å²) >= 11 is 11.6. The van der Waals surface area contributed by atoms with Crippen molar-refractivity contribution in [2.45, 2.75) is 19.1 Å². The van der Waals surface area contributed by atoms with Gasteiger partial charge in [-0.05, 0) is 19.1 Å². The van der Waals surface area contributed by atoms with Gasteiger partial charge < -0.3 is 10.2 Å². The first kappa shape index (κ1) is 14.8. The molecule has 0 unspecified atom stereocenters. The van der Waals surface area contributed by atoms with Crippen molar-refractivity contribution >= 4 is 41.0 Å². The third-order valence-electron chi connectivity index (χ3n) is 2.95. The molecule has 6 nitrogen and oxygen atoms in total. The molecule has 0 aromatic heterocycles. The number of carboxylic acids is 1. The molecule has 1 aromatic rings. The molecule has 2 N–H and O–H groups in total. The Hall–Kier alpha value is -1.63. The van der Waals surface area contributed by atoms with Gasteiger partial charge in [0.15, 0.2) is 6.04 Å². The lowest BCUT2D eigenvalue weighted by molar-refractivity contribution is -0.145. The van der Waals surface area contributed by atoms with Crippen molar-refractivity contribution in [1.29, 1.82) is 0 Å². The fourth-order valence-electron chi connectivity index (χ4n) is 2.04. The number of carboxylic acid groups (broad SMARTS) is 1. The summed E-state index contributed by atoms with van der Waals surface area (Å²) in [5, 5.41) is 18.7. The second kappa shape index (κ2) is 5.05. The Bertz CT molecular complexity index is 588. The van der Waals surface area contributed by atoms with Gasteiger partial charge in [-0.15, -0.1) is 0 Å². The molecular weight excluding hydrogens is 309 g/mol. The number of fused-ring (bicyclic) bond motifs is 1. The quantitative estimate of drug-likeness (QED) is 0.822. The maximum atomic E-state index is 12.1. The number of aliphatic hydroxyl groups excluding tert-OH is 1. The van der Waals surface area contributed by atoms with Crippen LogP contribution >= 0.6 is 23.2 Å². The predicted octanol–water partition coefficient (Wildman–Crippen LogP) is 1.42. The third kappa shape index (κ3) is 2.15. The number of rotatable bonds is 3. The molecule has 1 aliphatic rings. The molecule has 1 heterocycles. The Morgan fingerprint density at radius 3 is 1.85 bits per heavy atom. The molecule has 2 amide bonds. The summed E-state index contributed by atoms with van der Waals surface area (Å²) in [6, 6.07) is 0.751. The molecule has 0 spiro atoms. The smallest absolute Gasteiger partial charge is 0.329 e. The van der Waals surface area contributed by atoms with E-state index in [0.29, 0.717) is 4.90 Å². The maximum Gasteiger partial charge on any atom is 0.329 e. The Labute approximate surface area is 123 Å². The Morgan fingerprint density at radius 1 is 1.15 bits per heavy atom. The van der Waals surface area contributed by atoms with Crippen LogP contribution in [0.2, 0.25) is 10.0 Å². The molecule has 0 saturated heterocycles. The van der Waals surface area contributed by atoms with Gasteiger partial charge in [-0.25, -0.2) is 4.79 Å². The number of amides is 2. The van der Waals surface area contributed by atoms with E-state index in [1.54, 1.807) is 0 Å². The molecule has 0 saturated carbocycles. The highest BCUT2D eigenvalue weighted by Crippen LogP contribution is 2.32. The highest BCUT2D eigenvalue weighted by molar-refractivity contribution is 6.43. The van der Waals surface area contributed by atoms with Gasteiger partial charge in [-0.1, -0.05) is 23.2 Å². The van der Waals surface area contributed by atoms with Gasteiger partial charge in [0, 0.05) is 0 Å². The minimum atomic E-state index is -1.67. The monoisotopic (exact) mass is 317 g/mol. The van der Waals surface area contributed by atoms with Crippen LogP contribution in [0.4, 0.5) is 0 Å². The van der Waals surface area contributed by atoms with E-state index in [2.05, 4.69) is 0 Å². The number of benzene rings is 1. The fourth-order valence-corrected chi connectivity index (χ4v) is 2.36. The third-order valence-corrected chi connectivity index (χ3v) is 3.67. The van der Waals surface area contributed by atoms with Gasteiger partial charge in [0.05, 0.1) is 27.3 Å². The average Bonchev–Trinajstić information content (AvgIpc) is 2.55. The van der Waals surface area contributed by atoms with E-state index in [1.165, 1.54) is 19.1 Å². The van der Waals surface area contributed by atoms with E-state index in [4.69, 9.17) is 28.3 Å². The van der Waals surface area contributed by atoms with Gasteiger partial charge >= 0.3 is 5.97 Å². The minimum absolute atomic E-state index is 0.0312. The van der Waals surface area contributed by atoms with E-state index in [1.807, 2.05) is 0 Å². The molecule has 0 radical (unpaired) electrons. The summed E-state index contributed by atoms with van der Waals surface area (Å²) in [6.07, 6.45) is -1.42. The molecule has 20 heavy (non-hydrogen) atoms. The van der Waals surface area contributed by atoms with Crippen molar-refractivity contribution in [3.8, 4) is 0 Å². The summed E-state index contributed by atoms with van der Waals surface area (Å²) in [7, 11) is 0. The number of aliphatic hydroxyl groups is 1. The van der Waals surface area contributed by atoms with Crippen molar-refractivity contribution in [2.75, 3.05) is 0 Å². The molecule has 2 atom stereocenters. The van der Waals surface area contributed by atoms with Gasteiger partial charge in [-0.2, -0.15) is 0 Å². The van der Waals surface area contributed by atoms with Crippen molar-refractivity contribution in [3.05, 3.63) is 33.3 Å². The number of carbonyl (C=O) groups excluding carboxylic acids is 2. The number of carbonyl (C=O) groups is 3. The van der Waals surface area contributed by atoms with Gasteiger partial charge in [-0.3, -0.25) is 14.5 Å². The second-order valence-corrected chi connectivity index (χ2v) is 5.13. The SMILES string of the molecule is C[C@@H](O)[C@@H](C(=O)O)N1C(=O)c2cc(Cl)c(Cl)cc2C1=O. The van der Waals surface area contributed by atoms with Crippen molar-refractivity contribution < 1.29 is 24.6 Å². The van der Waals surface area contributed by atoms with Crippen LogP contribution in [0.1, 0.15) is 27.6 Å². The lowest BCUT2D eigenvalue weighted by Crippen LogP contribution is -2.50. The van der Waals surface area contributed by atoms with Gasteiger partial charge in [0.25, 0.3) is 11.8 Å². The van der Waals surface area contributed by atoms with E-state index in [0.717, 1.165) is 0 Å². The zero-order valence-corrected chi connectivity index (χ0v) is 11.6. The number of halogens is 2. The van der Waals surface area contributed by atoms with Crippen LogP contribution < -0.4 is 0 Å². The minimum Gasteiger partial charge on any atom is -0.480 e. The lowest BCUT2D eigenvalue weighted by Gasteiger charge is -2.24. The topological polar surface area (TPSA) is 94.9 Å². The summed E-state index contributed by atoms with van der Waals surface area (Å²) in [6.45, 7) is 1.18. The van der Waals surface area contributed by atoms with E-state index in [9.17, 15) is 19.5 Å². The van der Waals surface area contributed by atoms with Crippen LogP contribution in [0.25, 0.3) is 0 Å². The van der Waals surface area contributed by atoms with Gasteiger partial charge in [0.1, 0.15) is 0 Å². The zero-order chi connectivity index (χ0) is 15.2. The van der Waals surface area contributed by atoms with Crippen LogP contribution in [0, 0.1) is 0 Å². The molecule has 2 rings (SSSR count). The molecule has 8 heteroatoms. The van der Waals surface area contributed by atoms with E-state index >= 15 is 0 Å². The molecule has 1 aliphatic heterocycles. The first-order chi connectivity index (χ1) is 9.25. The lowest BCUT2D eigenvalue weighted by atomic mass is 10.1. The summed E-state index contributed by atoms with van der Waals surface area (Å²) in [5.74, 6) is -3.12.